The van der Waals surface area contributed by atoms with Gasteiger partial charge in [0.2, 0.25) is 0 Å². The first kappa shape index (κ1) is 19.0. The number of carboxylic acid groups (broad SMARTS) is 2. The van der Waals surface area contributed by atoms with Gasteiger partial charge in [-0.3, -0.25) is 9.59 Å². The second-order valence-corrected chi connectivity index (χ2v) is 7.55. The molecule has 2 aromatic rings. The quantitative estimate of drug-likeness (QED) is 0.771. The van der Waals surface area contributed by atoms with Gasteiger partial charge < -0.3 is 19.7 Å². The number of aromatic nitrogens is 2. The van der Waals surface area contributed by atoms with Crippen molar-refractivity contribution in [3.8, 4) is 0 Å². The molecule has 3 rings (SSSR count). The molecule has 3 atom stereocenters. The van der Waals surface area contributed by atoms with Gasteiger partial charge in [0.05, 0.1) is 6.42 Å². The molecule has 0 radical (unpaired) electrons. The number of hydrogen-bond acceptors (Lipinski definition) is 5. The Labute approximate surface area is 159 Å². The lowest BCUT2D eigenvalue weighted by atomic mass is 9.96. The van der Waals surface area contributed by atoms with Gasteiger partial charge in [-0.25, -0.2) is 9.78 Å². The maximum atomic E-state index is 12.9. The van der Waals surface area contributed by atoms with Crippen LogP contribution in [0.15, 0.2) is 47.9 Å². The largest absolute Gasteiger partial charge is 0.481 e. The van der Waals surface area contributed by atoms with E-state index in [1.807, 2.05) is 0 Å². The predicted molar refractivity (Wildman–Crippen MR) is 97.5 cm³/mol. The number of amides is 1. The number of aryl methyl sites for hydroxylation is 1. The van der Waals surface area contributed by atoms with E-state index in [-0.39, 0.29) is 13.0 Å². The molecule has 0 spiro atoms. The summed E-state index contributed by atoms with van der Waals surface area (Å²) in [5.74, 6) is -3.44. The summed E-state index contributed by atoms with van der Waals surface area (Å²) in [6, 6.07) is 7.20. The Bertz CT molecular complexity index is 854. The van der Waals surface area contributed by atoms with Crippen molar-refractivity contribution in [1.82, 2.24) is 14.5 Å². The smallest absolute Gasteiger partial charge is 0.326 e. The number of aliphatic carboxylic acids is 2. The highest BCUT2D eigenvalue weighted by Crippen LogP contribution is 2.39. The lowest BCUT2D eigenvalue weighted by Gasteiger charge is -2.24. The van der Waals surface area contributed by atoms with Gasteiger partial charge in [-0.2, -0.15) is 0 Å². The molecule has 0 aliphatic carbocycles. The molecule has 1 aromatic heterocycles. The van der Waals surface area contributed by atoms with E-state index in [9.17, 15) is 24.6 Å². The van der Waals surface area contributed by atoms with E-state index in [1.165, 1.54) is 16.7 Å². The number of carboxylic acids is 2. The van der Waals surface area contributed by atoms with E-state index >= 15 is 0 Å². The minimum Gasteiger partial charge on any atom is -0.481 e. The summed E-state index contributed by atoms with van der Waals surface area (Å²) < 4.78 is 1.78. The zero-order valence-electron chi connectivity index (χ0n) is 14.6. The van der Waals surface area contributed by atoms with Gasteiger partial charge >= 0.3 is 11.9 Å². The standard InChI is InChI=1S/C18H19N3O5S/c1-20-8-7-19-18(20)27-13-10-21(16(24)11-5-3-2-4-6-11)15(17(25)26)12(13)9-14(22)23/h2-8,12-13,15H,9-10H2,1H3,(H,22,23)(H,25,26)/t12-,13-,15-/m0/s1. The molecule has 1 aromatic carbocycles. The van der Waals surface area contributed by atoms with Crippen molar-refractivity contribution in [2.24, 2.45) is 13.0 Å². The molecule has 27 heavy (non-hydrogen) atoms. The van der Waals surface area contributed by atoms with E-state index in [4.69, 9.17) is 0 Å². The number of imidazole rings is 1. The van der Waals surface area contributed by atoms with Crippen LogP contribution in [0.4, 0.5) is 0 Å². The Balaban J connectivity index is 1.93. The van der Waals surface area contributed by atoms with Crippen LogP contribution >= 0.6 is 11.8 Å². The van der Waals surface area contributed by atoms with Gasteiger partial charge in [0, 0.05) is 42.7 Å². The summed E-state index contributed by atoms with van der Waals surface area (Å²) in [7, 11) is 1.80. The van der Waals surface area contributed by atoms with Crippen LogP contribution < -0.4 is 0 Å². The zero-order chi connectivity index (χ0) is 19.6. The molecular weight excluding hydrogens is 370 g/mol. The van der Waals surface area contributed by atoms with Crippen LogP contribution in [-0.4, -0.2) is 60.3 Å². The first-order chi connectivity index (χ1) is 12.9. The Morgan fingerprint density at radius 2 is 1.93 bits per heavy atom. The number of thioether (sulfide) groups is 1. The van der Waals surface area contributed by atoms with Crippen molar-refractivity contribution >= 4 is 29.6 Å². The van der Waals surface area contributed by atoms with Crippen LogP contribution in [0.5, 0.6) is 0 Å². The highest BCUT2D eigenvalue weighted by atomic mass is 32.2. The Kier molecular flexibility index (Phi) is 5.50. The van der Waals surface area contributed by atoms with Crippen LogP contribution in [-0.2, 0) is 16.6 Å². The number of likely N-dealkylation sites (tertiary alicyclic amines) is 1. The number of benzene rings is 1. The number of nitrogens with zero attached hydrogens (tertiary/aromatic N) is 3. The average Bonchev–Trinajstić information content (AvgIpc) is 3.19. The first-order valence-electron chi connectivity index (χ1n) is 8.33. The molecule has 1 aliphatic heterocycles. The summed E-state index contributed by atoms with van der Waals surface area (Å²) in [5, 5.41) is 19.3. The van der Waals surface area contributed by atoms with Crippen molar-refractivity contribution < 1.29 is 24.6 Å². The van der Waals surface area contributed by atoms with E-state index < -0.39 is 35.1 Å². The number of carbonyl (C=O) groups is 3. The zero-order valence-corrected chi connectivity index (χ0v) is 15.4. The van der Waals surface area contributed by atoms with Gasteiger partial charge in [0.25, 0.3) is 5.91 Å². The Morgan fingerprint density at radius 3 is 2.48 bits per heavy atom. The highest BCUT2D eigenvalue weighted by Gasteiger charge is 2.49. The van der Waals surface area contributed by atoms with Crippen LogP contribution in [0.25, 0.3) is 0 Å². The molecule has 8 nitrogen and oxygen atoms in total. The molecule has 1 aliphatic rings. The maximum absolute atomic E-state index is 12.9. The van der Waals surface area contributed by atoms with E-state index in [2.05, 4.69) is 4.98 Å². The lowest BCUT2D eigenvalue weighted by molar-refractivity contribution is -0.144. The molecular formula is C18H19N3O5S. The molecule has 0 unspecified atom stereocenters. The van der Waals surface area contributed by atoms with Crippen molar-refractivity contribution in [2.45, 2.75) is 22.9 Å². The molecule has 9 heteroatoms. The second kappa shape index (κ2) is 7.83. The number of hydrogen-bond donors (Lipinski definition) is 2. The van der Waals surface area contributed by atoms with Crippen LogP contribution in [0.1, 0.15) is 16.8 Å². The van der Waals surface area contributed by atoms with Crippen molar-refractivity contribution in [3.63, 3.8) is 0 Å². The van der Waals surface area contributed by atoms with Crippen LogP contribution in [0.2, 0.25) is 0 Å². The van der Waals surface area contributed by atoms with Crippen molar-refractivity contribution in [2.75, 3.05) is 6.54 Å². The third kappa shape index (κ3) is 3.97. The molecule has 1 saturated heterocycles. The molecule has 0 bridgehead atoms. The summed E-state index contributed by atoms with van der Waals surface area (Å²) >= 11 is 1.30. The summed E-state index contributed by atoms with van der Waals surface area (Å²) in [6.45, 7) is 0.139. The summed E-state index contributed by atoms with van der Waals surface area (Å²) in [5.41, 5.74) is 0.375. The van der Waals surface area contributed by atoms with Gasteiger partial charge in [0.1, 0.15) is 6.04 Å². The fourth-order valence-electron chi connectivity index (χ4n) is 3.32. The van der Waals surface area contributed by atoms with Gasteiger partial charge in [-0.15, -0.1) is 0 Å². The number of rotatable bonds is 6. The molecule has 142 valence electrons. The SMILES string of the molecule is Cn1ccnc1S[C@H]1CN(C(=O)c2ccccc2)[C@H](C(=O)O)[C@H]1CC(=O)O. The van der Waals surface area contributed by atoms with Crippen LogP contribution in [0, 0.1) is 5.92 Å². The lowest BCUT2D eigenvalue weighted by Crippen LogP contribution is -2.43. The van der Waals surface area contributed by atoms with Crippen molar-refractivity contribution in [1.29, 1.82) is 0 Å². The van der Waals surface area contributed by atoms with Gasteiger partial charge in [-0.05, 0) is 12.1 Å². The molecule has 1 fully saturated rings. The van der Waals surface area contributed by atoms with Crippen LogP contribution in [0.3, 0.4) is 0 Å². The minimum atomic E-state index is -1.20. The Morgan fingerprint density at radius 1 is 1.22 bits per heavy atom. The molecule has 2 heterocycles. The topological polar surface area (TPSA) is 113 Å². The average molecular weight is 389 g/mol. The summed E-state index contributed by atoms with van der Waals surface area (Å²) in [6.07, 6.45) is 3.04. The third-order valence-corrected chi connectivity index (χ3v) is 5.98. The first-order valence-corrected chi connectivity index (χ1v) is 9.21. The molecule has 1 amide bonds. The third-order valence-electron chi connectivity index (χ3n) is 4.57. The molecule has 0 saturated carbocycles. The van der Waals surface area contributed by atoms with Crippen molar-refractivity contribution in [3.05, 3.63) is 48.3 Å². The maximum Gasteiger partial charge on any atom is 0.326 e. The number of carbonyl (C=O) groups excluding carboxylic acids is 1. The second-order valence-electron chi connectivity index (χ2n) is 6.35. The minimum absolute atomic E-state index is 0.139. The summed E-state index contributed by atoms with van der Waals surface area (Å²) in [4.78, 5) is 41.7. The Hall–Kier alpha value is -2.81. The fraction of sp³-hybridized carbons (Fsp3) is 0.333. The molecule has 2 N–H and O–H groups in total. The highest BCUT2D eigenvalue weighted by molar-refractivity contribution is 7.99. The monoisotopic (exact) mass is 389 g/mol. The normalized spacial score (nSPS) is 22.0. The van der Waals surface area contributed by atoms with E-state index in [0.717, 1.165) is 0 Å². The van der Waals surface area contributed by atoms with E-state index in [1.54, 1.807) is 54.3 Å². The van der Waals surface area contributed by atoms with Gasteiger partial charge in [0.15, 0.2) is 5.16 Å². The van der Waals surface area contributed by atoms with E-state index in [0.29, 0.717) is 10.7 Å². The van der Waals surface area contributed by atoms with Gasteiger partial charge in [-0.1, -0.05) is 30.0 Å². The fourth-order valence-corrected chi connectivity index (χ4v) is 4.59. The predicted octanol–water partition coefficient (Wildman–Crippen LogP) is 1.58.